The SMILES string of the molecule is Cc1nn(CC(=O)O)c(C)c1C(F)(F)F. The number of hydrogen-bond donors (Lipinski definition) is 1. The molecule has 1 aromatic rings. The van der Waals surface area contributed by atoms with Crippen molar-refractivity contribution in [2.24, 2.45) is 0 Å². The van der Waals surface area contributed by atoms with Crippen LogP contribution < -0.4 is 0 Å². The zero-order valence-electron chi connectivity index (χ0n) is 8.09. The summed E-state index contributed by atoms with van der Waals surface area (Å²) in [4.78, 5) is 10.3. The predicted octanol–water partition coefficient (Wildman–Crippen LogP) is 1.60. The Morgan fingerprint density at radius 1 is 1.47 bits per heavy atom. The van der Waals surface area contributed by atoms with Crippen LogP contribution in [0.3, 0.4) is 0 Å². The molecule has 0 fully saturated rings. The first kappa shape index (κ1) is 11.5. The van der Waals surface area contributed by atoms with Crippen LogP contribution in [0.5, 0.6) is 0 Å². The second kappa shape index (κ2) is 3.56. The highest BCUT2D eigenvalue weighted by atomic mass is 19.4. The van der Waals surface area contributed by atoms with Gasteiger partial charge >= 0.3 is 12.1 Å². The number of carbonyl (C=O) groups is 1. The lowest BCUT2D eigenvalue weighted by molar-refractivity contribution is -0.140. The van der Waals surface area contributed by atoms with Gasteiger partial charge in [-0.2, -0.15) is 18.3 Å². The summed E-state index contributed by atoms with van der Waals surface area (Å²) in [5.41, 5.74) is -1.24. The summed E-state index contributed by atoms with van der Waals surface area (Å²) in [6.07, 6.45) is -4.50. The summed E-state index contributed by atoms with van der Waals surface area (Å²) in [6, 6.07) is 0. The molecule has 0 saturated carbocycles. The second-order valence-electron chi connectivity index (χ2n) is 3.09. The largest absolute Gasteiger partial charge is 0.480 e. The smallest absolute Gasteiger partial charge is 0.419 e. The normalized spacial score (nSPS) is 11.8. The van der Waals surface area contributed by atoms with Gasteiger partial charge in [-0.05, 0) is 13.8 Å². The molecule has 0 aliphatic rings. The lowest BCUT2D eigenvalue weighted by Crippen LogP contribution is -2.13. The summed E-state index contributed by atoms with van der Waals surface area (Å²) in [7, 11) is 0. The number of rotatable bonds is 2. The minimum absolute atomic E-state index is 0.178. The highest BCUT2D eigenvalue weighted by Crippen LogP contribution is 2.33. The van der Waals surface area contributed by atoms with Gasteiger partial charge in [0.1, 0.15) is 6.54 Å². The molecule has 0 amide bonds. The molecule has 1 N–H and O–H groups in total. The maximum absolute atomic E-state index is 12.5. The summed E-state index contributed by atoms with van der Waals surface area (Å²) >= 11 is 0. The molecule has 7 heteroatoms. The number of halogens is 3. The van der Waals surface area contributed by atoms with Crippen molar-refractivity contribution in [2.75, 3.05) is 0 Å². The molecule has 0 saturated heterocycles. The summed E-state index contributed by atoms with van der Waals surface area (Å²) in [5.74, 6) is -1.23. The monoisotopic (exact) mass is 222 g/mol. The maximum Gasteiger partial charge on any atom is 0.419 e. The summed E-state index contributed by atoms with van der Waals surface area (Å²) < 4.78 is 38.2. The molecule has 84 valence electrons. The Bertz CT molecular complexity index is 395. The van der Waals surface area contributed by atoms with E-state index in [0.29, 0.717) is 0 Å². The Hall–Kier alpha value is -1.53. The van der Waals surface area contributed by atoms with E-state index in [1.54, 1.807) is 0 Å². The second-order valence-corrected chi connectivity index (χ2v) is 3.09. The first-order valence-corrected chi connectivity index (χ1v) is 4.06. The molecule has 0 aliphatic heterocycles. The number of aliphatic carboxylic acids is 1. The third-order valence-electron chi connectivity index (χ3n) is 1.95. The van der Waals surface area contributed by atoms with E-state index in [0.717, 1.165) is 4.68 Å². The molecule has 1 heterocycles. The van der Waals surface area contributed by atoms with Crippen molar-refractivity contribution in [1.82, 2.24) is 9.78 Å². The van der Waals surface area contributed by atoms with Crippen LogP contribution in [0.1, 0.15) is 17.0 Å². The first-order valence-electron chi connectivity index (χ1n) is 4.06. The van der Waals surface area contributed by atoms with Crippen LogP contribution in [0.2, 0.25) is 0 Å². The lowest BCUT2D eigenvalue weighted by Gasteiger charge is -2.06. The number of alkyl halides is 3. The number of carboxylic acids is 1. The van der Waals surface area contributed by atoms with E-state index in [9.17, 15) is 18.0 Å². The van der Waals surface area contributed by atoms with E-state index in [-0.39, 0.29) is 11.4 Å². The molecule has 0 aromatic carbocycles. The van der Waals surface area contributed by atoms with Crippen LogP contribution in [-0.4, -0.2) is 20.9 Å². The minimum Gasteiger partial charge on any atom is -0.480 e. The highest BCUT2D eigenvalue weighted by Gasteiger charge is 2.37. The number of carboxylic acid groups (broad SMARTS) is 1. The maximum atomic E-state index is 12.5. The van der Waals surface area contributed by atoms with Crippen molar-refractivity contribution in [3.05, 3.63) is 17.0 Å². The molecular weight excluding hydrogens is 213 g/mol. The van der Waals surface area contributed by atoms with Crippen molar-refractivity contribution < 1.29 is 23.1 Å². The van der Waals surface area contributed by atoms with Crippen LogP contribution in [0.25, 0.3) is 0 Å². The zero-order valence-corrected chi connectivity index (χ0v) is 8.09. The Balaban J connectivity index is 3.21. The third kappa shape index (κ3) is 2.28. The van der Waals surface area contributed by atoms with E-state index in [1.165, 1.54) is 13.8 Å². The van der Waals surface area contributed by atoms with Gasteiger partial charge in [-0.1, -0.05) is 0 Å². The predicted molar refractivity (Wildman–Crippen MR) is 44.3 cm³/mol. The van der Waals surface area contributed by atoms with Crippen molar-refractivity contribution in [1.29, 1.82) is 0 Å². The van der Waals surface area contributed by atoms with E-state index in [2.05, 4.69) is 5.10 Å². The van der Waals surface area contributed by atoms with Crippen molar-refractivity contribution in [3.63, 3.8) is 0 Å². The molecule has 0 radical (unpaired) electrons. The van der Waals surface area contributed by atoms with E-state index in [1.807, 2.05) is 0 Å². The number of aryl methyl sites for hydroxylation is 1. The molecule has 0 atom stereocenters. The Kier molecular flexibility index (Phi) is 2.74. The molecule has 15 heavy (non-hydrogen) atoms. The molecule has 0 bridgehead atoms. The quantitative estimate of drug-likeness (QED) is 0.826. The van der Waals surface area contributed by atoms with Gasteiger partial charge in [0.2, 0.25) is 0 Å². The zero-order chi connectivity index (χ0) is 11.8. The van der Waals surface area contributed by atoms with Gasteiger partial charge in [0.25, 0.3) is 0 Å². The van der Waals surface area contributed by atoms with Gasteiger partial charge in [-0.25, -0.2) is 0 Å². The van der Waals surface area contributed by atoms with Gasteiger partial charge in [-0.3, -0.25) is 9.48 Å². The lowest BCUT2D eigenvalue weighted by atomic mass is 10.2. The van der Waals surface area contributed by atoms with Crippen molar-refractivity contribution in [3.8, 4) is 0 Å². The fourth-order valence-corrected chi connectivity index (χ4v) is 1.39. The number of aromatic nitrogens is 2. The van der Waals surface area contributed by atoms with Gasteiger partial charge in [0.05, 0.1) is 11.3 Å². The summed E-state index contributed by atoms with van der Waals surface area (Å²) in [5, 5.41) is 12.0. The van der Waals surface area contributed by atoms with Gasteiger partial charge in [0, 0.05) is 5.69 Å². The molecule has 0 spiro atoms. The molecule has 1 rings (SSSR count). The Labute approximate surface area is 83.3 Å². The van der Waals surface area contributed by atoms with Crippen molar-refractivity contribution >= 4 is 5.97 Å². The first-order chi connectivity index (χ1) is 6.73. The number of nitrogens with zero attached hydrogens (tertiary/aromatic N) is 2. The molecular formula is C8H9F3N2O2. The topological polar surface area (TPSA) is 55.1 Å². The van der Waals surface area contributed by atoms with E-state index in [4.69, 9.17) is 5.11 Å². The molecule has 4 nitrogen and oxygen atoms in total. The van der Waals surface area contributed by atoms with E-state index < -0.39 is 24.3 Å². The van der Waals surface area contributed by atoms with Crippen molar-refractivity contribution in [2.45, 2.75) is 26.6 Å². The Morgan fingerprint density at radius 3 is 2.33 bits per heavy atom. The van der Waals surface area contributed by atoms with Crippen LogP contribution in [0.4, 0.5) is 13.2 Å². The van der Waals surface area contributed by atoms with E-state index >= 15 is 0 Å². The standard InChI is InChI=1S/C8H9F3N2O2/c1-4-7(8(9,10)11)5(2)13(12-4)3-6(14)15/h3H2,1-2H3,(H,14,15). The van der Waals surface area contributed by atoms with Gasteiger partial charge in [-0.15, -0.1) is 0 Å². The molecule has 0 unspecified atom stereocenters. The van der Waals surface area contributed by atoms with Gasteiger partial charge in [0.15, 0.2) is 0 Å². The van der Waals surface area contributed by atoms with Crippen LogP contribution >= 0.6 is 0 Å². The molecule has 1 aromatic heterocycles. The van der Waals surface area contributed by atoms with Crippen LogP contribution in [0.15, 0.2) is 0 Å². The fraction of sp³-hybridized carbons (Fsp3) is 0.500. The fourth-order valence-electron chi connectivity index (χ4n) is 1.39. The van der Waals surface area contributed by atoms with Crippen LogP contribution in [0, 0.1) is 13.8 Å². The number of hydrogen-bond acceptors (Lipinski definition) is 2. The Morgan fingerprint density at radius 2 is 2.00 bits per heavy atom. The van der Waals surface area contributed by atoms with Crippen LogP contribution in [-0.2, 0) is 17.5 Å². The molecule has 0 aliphatic carbocycles. The average molecular weight is 222 g/mol. The van der Waals surface area contributed by atoms with Gasteiger partial charge < -0.3 is 5.11 Å². The summed E-state index contributed by atoms with van der Waals surface area (Å²) in [6.45, 7) is 1.84. The average Bonchev–Trinajstić information content (AvgIpc) is 2.23. The third-order valence-corrected chi connectivity index (χ3v) is 1.95. The highest BCUT2D eigenvalue weighted by molar-refractivity contribution is 5.66. The minimum atomic E-state index is -4.50.